The van der Waals surface area contributed by atoms with Crippen LogP contribution in [-0.4, -0.2) is 11.1 Å². The van der Waals surface area contributed by atoms with Crippen molar-refractivity contribution in [2.24, 2.45) is 5.92 Å². The Morgan fingerprint density at radius 3 is 2.45 bits per heavy atom. The monoisotopic (exact) mass is 299 g/mol. The number of aromatic nitrogens is 1. The third kappa shape index (κ3) is 3.67. The summed E-state index contributed by atoms with van der Waals surface area (Å²) in [5.74, 6) is 1.76. The van der Waals surface area contributed by atoms with Crippen LogP contribution in [0.5, 0.6) is 0 Å². The number of amides is 1. The number of nitrogens with zero attached hydrogens (tertiary/aromatic N) is 1. The van der Waals surface area contributed by atoms with Crippen LogP contribution in [0.25, 0.3) is 0 Å². The molecule has 0 bridgehead atoms. The summed E-state index contributed by atoms with van der Waals surface area (Å²) in [5, 5.41) is 10.0. The van der Waals surface area contributed by atoms with E-state index in [1.165, 1.54) is 6.42 Å². The fraction of sp³-hybridized carbons (Fsp3) is 0.412. The molecule has 0 spiro atoms. The van der Waals surface area contributed by atoms with E-state index in [0.29, 0.717) is 5.82 Å². The van der Waals surface area contributed by atoms with Crippen LogP contribution in [0.4, 0.5) is 17.2 Å². The number of nitrogens with one attached hydrogen (secondary N) is 2. The number of benzene rings is 1. The van der Waals surface area contributed by atoms with Gasteiger partial charge in [0.15, 0.2) is 5.82 Å². The van der Waals surface area contributed by atoms with Crippen molar-refractivity contribution in [1.29, 1.82) is 0 Å². The number of anilines is 3. The smallest absolute Gasteiger partial charge is 0.227 e. The molecule has 2 N–H and O–H groups in total. The number of carbonyl (C=O) groups excluding carboxylic acids is 1. The SMILES string of the molecule is Cc1cc(Nc2ccc(NC(=O)C3CCCCC3)cc2)no1. The highest BCUT2D eigenvalue weighted by molar-refractivity contribution is 5.92. The molecule has 0 saturated heterocycles. The van der Waals surface area contributed by atoms with Crippen molar-refractivity contribution in [3.05, 3.63) is 36.1 Å². The van der Waals surface area contributed by atoms with Gasteiger partial charge in [-0.05, 0) is 44.0 Å². The lowest BCUT2D eigenvalue weighted by molar-refractivity contribution is -0.120. The van der Waals surface area contributed by atoms with Crippen LogP contribution < -0.4 is 10.6 Å². The van der Waals surface area contributed by atoms with Crippen LogP contribution in [0.1, 0.15) is 37.9 Å². The second-order valence-corrected chi connectivity index (χ2v) is 5.85. The molecule has 0 atom stereocenters. The highest BCUT2D eigenvalue weighted by Crippen LogP contribution is 2.25. The fourth-order valence-corrected chi connectivity index (χ4v) is 2.82. The van der Waals surface area contributed by atoms with Crippen molar-refractivity contribution in [1.82, 2.24) is 5.16 Å². The van der Waals surface area contributed by atoms with Gasteiger partial charge in [0.05, 0.1) is 0 Å². The molecular weight excluding hydrogens is 278 g/mol. The highest BCUT2D eigenvalue weighted by atomic mass is 16.5. The van der Waals surface area contributed by atoms with Gasteiger partial charge >= 0.3 is 0 Å². The summed E-state index contributed by atoms with van der Waals surface area (Å²) in [6.07, 6.45) is 5.61. The third-order valence-corrected chi connectivity index (χ3v) is 4.03. The molecule has 22 heavy (non-hydrogen) atoms. The van der Waals surface area contributed by atoms with E-state index in [1.807, 2.05) is 37.3 Å². The second kappa shape index (κ2) is 6.64. The Balaban J connectivity index is 1.57. The van der Waals surface area contributed by atoms with Crippen molar-refractivity contribution in [2.75, 3.05) is 10.6 Å². The number of hydrogen-bond donors (Lipinski definition) is 2. The van der Waals surface area contributed by atoms with E-state index in [9.17, 15) is 4.79 Å². The number of carbonyl (C=O) groups is 1. The molecule has 1 amide bonds. The Hall–Kier alpha value is -2.30. The van der Waals surface area contributed by atoms with Crippen LogP contribution in [0.15, 0.2) is 34.9 Å². The Labute approximate surface area is 130 Å². The zero-order chi connectivity index (χ0) is 15.4. The minimum Gasteiger partial charge on any atom is -0.360 e. The summed E-state index contributed by atoms with van der Waals surface area (Å²) in [6.45, 7) is 1.85. The molecule has 1 aliphatic carbocycles. The molecule has 1 saturated carbocycles. The van der Waals surface area contributed by atoms with Gasteiger partial charge in [0.25, 0.3) is 0 Å². The predicted molar refractivity (Wildman–Crippen MR) is 86.2 cm³/mol. The fourth-order valence-electron chi connectivity index (χ4n) is 2.82. The van der Waals surface area contributed by atoms with Crippen LogP contribution in [0.2, 0.25) is 0 Å². The van der Waals surface area contributed by atoms with Gasteiger partial charge in [-0.2, -0.15) is 0 Å². The molecule has 0 unspecified atom stereocenters. The first-order chi connectivity index (χ1) is 10.7. The Kier molecular flexibility index (Phi) is 4.42. The number of hydrogen-bond acceptors (Lipinski definition) is 4. The largest absolute Gasteiger partial charge is 0.360 e. The summed E-state index contributed by atoms with van der Waals surface area (Å²) >= 11 is 0. The first-order valence-electron chi connectivity index (χ1n) is 7.82. The lowest BCUT2D eigenvalue weighted by Gasteiger charge is -2.20. The van der Waals surface area contributed by atoms with Gasteiger partial charge in [-0.15, -0.1) is 0 Å². The van der Waals surface area contributed by atoms with Crippen molar-refractivity contribution >= 4 is 23.1 Å². The van der Waals surface area contributed by atoms with Gasteiger partial charge in [0, 0.05) is 23.4 Å². The minimum atomic E-state index is 0.146. The van der Waals surface area contributed by atoms with Gasteiger partial charge in [0.1, 0.15) is 5.76 Å². The van der Waals surface area contributed by atoms with Crippen LogP contribution in [0, 0.1) is 12.8 Å². The zero-order valence-corrected chi connectivity index (χ0v) is 12.8. The summed E-state index contributed by atoms with van der Waals surface area (Å²) in [6, 6.07) is 9.46. The molecule has 1 heterocycles. The summed E-state index contributed by atoms with van der Waals surface area (Å²) in [5.41, 5.74) is 1.74. The van der Waals surface area contributed by atoms with E-state index < -0.39 is 0 Å². The van der Waals surface area contributed by atoms with Crippen molar-refractivity contribution in [2.45, 2.75) is 39.0 Å². The molecule has 1 aliphatic rings. The van der Waals surface area contributed by atoms with Crippen molar-refractivity contribution in [3.63, 3.8) is 0 Å². The number of rotatable bonds is 4. The standard InChI is InChI=1S/C17H21N3O2/c1-12-11-16(20-22-12)18-14-7-9-15(10-8-14)19-17(21)13-5-3-2-4-6-13/h7-11,13H,2-6H2,1H3,(H,18,20)(H,19,21). The van der Waals surface area contributed by atoms with E-state index in [4.69, 9.17) is 4.52 Å². The maximum Gasteiger partial charge on any atom is 0.227 e. The average molecular weight is 299 g/mol. The van der Waals surface area contributed by atoms with Crippen molar-refractivity contribution < 1.29 is 9.32 Å². The number of aryl methyl sites for hydroxylation is 1. The summed E-state index contributed by atoms with van der Waals surface area (Å²) < 4.78 is 5.01. The average Bonchev–Trinajstić information content (AvgIpc) is 2.95. The molecule has 2 aromatic rings. The van der Waals surface area contributed by atoms with Crippen LogP contribution in [-0.2, 0) is 4.79 Å². The summed E-state index contributed by atoms with van der Waals surface area (Å²) in [7, 11) is 0. The lowest BCUT2D eigenvalue weighted by Crippen LogP contribution is -2.24. The Bertz CT molecular complexity index is 628. The third-order valence-electron chi connectivity index (χ3n) is 4.03. The van der Waals surface area contributed by atoms with Gasteiger partial charge in [-0.3, -0.25) is 4.79 Å². The van der Waals surface area contributed by atoms with E-state index in [0.717, 1.165) is 42.8 Å². The molecule has 5 heteroatoms. The molecule has 0 radical (unpaired) electrons. The van der Waals surface area contributed by atoms with Crippen molar-refractivity contribution in [3.8, 4) is 0 Å². The minimum absolute atomic E-state index is 0.146. The van der Waals surface area contributed by atoms with E-state index in [2.05, 4.69) is 15.8 Å². The molecule has 1 aromatic heterocycles. The maximum absolute atomic E-state index is 12.2. The van der Waals surface area contributed by atoms with Crippen LogP contribution in [0.3, 0.4) is 0 Å². The topological polar surface area (TPSA) is 67.2 Å². The molecule has 116 valence electrons. The normalized spacial score (nSPS) is 15.5. The molecular formula is C17H21N3O2. The molecule has 5 nitrogen and oxygen atoms in total. The quantitative estimate of drug-likeness (QED) is 0.886. The maximum atomic E-state index is 12.2. The van der Waals surface area contributed by atoms with Crippen LogP contribution >= 0.6 is 0 Å². The molecule has 3 rings (SSSR count). The van der Waals surface area contributed by atoms with Gasteiger partial charge in [-0.1, -0.05) is 24.4 Å². The Morgan fingerprint density at radius 2 is 1.82 bits per heavy atom. The second-order valence-electron chi connectivity index (χ2n) is 5.85. The summed E-state index contributed by atoms with van der Waals surface area (Å²) in [4.78, 5) is 12.2. The highest BCUT2D eigenvalue weighted by Gasteiger charge is 2.20. The first kappa shape index (κ1) is 14.6. The molecule has 0 aliphatic heterocycles. The van der Waals surface area contributed by atoms with Gasteiger partial charge in [-0.25, -0.2) is 0 Å². The zero-order valence-electron chi connectivity index (χ0n) is 12.8. The lowest BCUT2D eigenvalue weighted by atomic mass is 9.88. The molecule has 1 fully saturated rings. The van der Waals surface area contributed by atoms with E-state index in [-0.39, 0.29) is 11.8 Å². The van der Waals surface area contributed by atoms with Gasteiger partial charge in [0.2, 0.25) is 5.91 Å². The van der Waals surface area contributed by atoms with E-state index in [1.54, 1.807) is 0 Å². The van der Waals surface area contributed by atoms with Gasteiger partial charge < -0.3 is 15.2 Å². The Morgan fingerprint density at radius 1 is 1.14 bits per heavy atom. The van der Waals surface area contributed by atoms with E-state index >= 15 is 0 Å². The first-order valence-corrected chi connectivity index (χ1v) is 7.82. The molecule has 1 aromatic carbocycles. The predicted octanol–water partition coefficient (Wildman–Crippen LogP) is 4.25.